The summed E-state index contributed by atoms with van der Waals surface area (Å²) < 4.78 is 3.36. The molecule has 1 aliphatic carbocycles. The molecule has 1 fully saturated rings. The van der Waals surface area contributed by atoms with Crippen molar-refractivity contribution in [2.24, 2.45) is 5.92 Å². The zero-order valence-electron chi connectivity index (χ0n) is 18.0. The average Bonchev–Trinajstić information content (AvgIpc) is 3.47. The van der Waals surface area contributed by atoms with Gasteiger partial charge in [-0.15, -0.1) is 0 Å². The number of nitrogens with zero attached hydrogens (tertiary/aromatic N) is 5. The van der Waals surface area contributed by atoms with E-state index in [-0.39, 0.29) is 18.3 Å². The van der Waals surface area contributed by atoms with Crippen molar-refractivity contribution in [2.45, 2.75) is 38.5 Å². The Labute approximate surface area is 185 Å². The molecule has 4 aromatic rings. The van der Waals surface area contributed by atoms with E-state index in [1.54, 1.807) is 16.9 Å². The molecule has 32 heavy (non-hydrogen) atoms. The average molecular weight is 431 g/mol. The van der Waals surface area contributed by atoms with Crippen molar-refractivity contribution >= 4 is 17.2 Å². The van der Waals surface area contributed by atoms with Gasteiger partial charge in [0.25, 0.3) is 0 Å². The predicted octanol–water partition coefficient (Wildman–Crippen LogP) is 3.63. The minimum atomic E-state index is -0.106. The number of aromatic nitrogens is 5. The fourth-order valence-electron chi connectivity index (χ4n) is 4.70. The number of carbonyl (C=O) groups is 1. The Morgan fingerprint density at radius 3 is 2.56 bits per heavy atom. The van der Waals surface area contributed by atoms with E-state index in [2.05, 4.69) is 10.2 Å². The number of rotatable bonds is 5. The second-order valence-electron chi connectivity index (χ2n) is 8.52. The number of ketones is 1. The van der Waals surface area contributed by atoms with Gasteiger partial charge in [0.2, 0.25) is 0 Å². The summed E-state index contributed by atoms with van der Waals surface area (Å²) in [6.45, 7) is 1.73. The number of hydrogen-bond donors (Lipinski definition) is 2. The minimum Gasteiger partial charge on any atom is -0.396 e. The summed E-state index contributed by atoms with van der Waals surface area (Å²) in [5.41, 5.74) is 10.9. The summed E-state index contributed by atoms with van der Waals surface area (Å²) >= 11 is 0. The largest absolute Gasteiger partial charge is 0.396 e. The molecule has 1 aromatic carbocycles. The first-order valence-corrected chi connectivity index (χ1v) is 11.0. The summed E-state index contributed by atoms with van der Waals surface area (Å²) in [4.78, 5) is 17.5. The molecule has 164 valence electrons. The van der Waals surface area contributed by atoms with E-state index in [9.17, 15) is 9.90 Å². The van der Waals surface area contributed by atoms with E-state index in [1.165, 1.54) is 6.92 Å². The summed E-state index contributed by atoms with van der Waals surface area (Å²) in [5.74, 6) is 0.676. The van der Waals surface area contributed by atoms with Gasteiger partial charge in [0.05, 0.1) is 29.3 Å². The van der Waals surface area contributed by atoms with E-state index >= 15 is 0 Å². The molecule has 1 saturated carbocycles. The molecule has 3 heterocycles. The third kappa shape index (κ3) is 3.46. The lowest BCUT2D eigenvalue weighted by Crippen LogP contribution is -2.21. The summed E-state index contributed by atoms with van der Waals surface area (Å²) in [7, 11) is 0. The van der Waals surface area contributed by atoms with Crippen LogP contribution in [0, 0.1) is 5.92 Å². The fourth-order valence-corrected chi connectivity index (χ4v) is 4.70. The molecule has 8 heteroatoms. The SMILES string of the molecule is CC(=O)c1c(C2CCC(CO)CC2)nc2c(-c3cnn(-c4ccccc4)c3)cnn2c1N. The molecule has 3 aromatic heterocycles. The van der Waals surface area contributed by atoms with E-state index in [0.29, 0.717) is 22.9 Å². The lowest BCUT2D eigenvalue weighted by Gasteiger charge is -2.28. The van der Waals surface area contributed by atoms with Crippen LogP contribution in [-0.4, -0.2) is 41.9 Å². The van der Waals surface area contributed by atoms with Crippen molar-refractivity contribution in [3.63, 3.8) is 0 Å². The van der Waals surface area contributed by atoms with Crippen molar-refractivity contribution in [1.82, 2.24) is 24.4 Å². The molecule has 0 aliphatic heterocycles. The number of aliphatic hydroxyl groups is 1. The monoisotopic (exact) mass is 430 g/mol. The first-order chi connectivity index (χ1) is 15.6. The highest BCUT2D eigenvalue weighted by Gasteiger charge is 2.29. The molecule has 0 amide bonds. The van der Waals surface area contributed by atoms with Gasteiger partial charge in [0.15, 0.2) is 11.4 Å². The molecule has 0 bridgehead atoms. The van der Waals surface area contributed by atoms with Crippen LogP contribution in [0.3, 0.4) is 0 Å². The van der Waals surface area contributed by atoms with E-state index in [0.717, 1.165) is 48.2 Å². The molecule has 0 saturated heterocycles. The zero-order chi connectivity index (χ0) is 22.2. The molecule has 1 aliphatic rings. The highest BCUT2D eigenvalue weighted by atomic mass is 16.3. The zero-order valence-corrected chi connectivity index (χ0v) is 18.0. The van der Waals surface area contributed by atoms with Crippen LogP contribution >= 0.6 is 0 Å². The number of nitrogen functional groups attached to an aromatic ring is 1. The number of Topliss-reactive ketones (excluding diaryl/α,β-unsaturated/α-hetero) is 1. The van der Waals surface area contributed by atoms with Crippen LogP contribution in [0.2, 0.25) is 0 Å². The number of anilines is 1. The van der Waals surface area contributed by atoms with Crippen molar-refractivity contribution in [2.75, 3.05) is 12.3 Å². The molecule has 0 radical (unpaired) electrons. The van der Waals surface area contributed by atoms with Crippen molar-refractivity contribution in [3.05, 3.63) is 60.2 Å². The fraction of sp³-hybridized carbons (Fsp3) is 0.333. The number of carbonyl (C=O) groups excluding carboxylic acids is 1. The quantitative estimate of drug-likeness (QED) is 0.468. The normalized spacial score (nSPS) is 18.8. The van der Waals surface area contributed by atoms with Crippen molar-refractivity contribution < 1.29 is 9.90 Å². The highest BCUT2D eigenvalue weighted by Crippen LogP contribution is 2.38. The third-order valence-corrected chi connectivity index (χ3v) is 6.47. The summed E-state index contributed by atoms with van der Waals surface area (Å²) in [5, 5.41) is 18.4. The van der Waals surface area contributed by atoms with Crippen LogP contribution < -0.4 is 5.73 Å². The van der Waals surface area contributed by atoms with Gasteiger partial charge in [-0.3, -0.25) is 4.79 Å². The number of nitrogens with two attached hydrogens (primary N) is 1. The van der Waals surface area contributed by atoms with Gasteiger partial charge in [-0.1, -0.05) is 18.2 Å². The molecule has 5 rings (SSSR count). The first kappa shape index (κ1) is 20.4. The Morgan fingerprint density at radius 1 is 1.12 bits per heavy atom. The van der Waals surface area contributed by atoms with E-state index in [4.69, 9.17) is 10.7 Å². The Bertz CT molecular complexity index is 1270. The maximum Gasteiger partial charge on any atom is 0.165 e. The summed E-state index contributed by atoms with van der Waals surface area (Å²) in [6.07, 6.45) is 9.04. The van der Waals surface area contributed by atoms with Gasteiger partial charge in [0, 0.05) is 29.8 Å². The van der Waals surface area contributed by atoms with Crippen molar-refractivity contribution in [3.8, 4) is 16.8 Å². The van der Waals surface area contributed by atoms with Crippen LogP contribution in [0.25, 0.3) is 22.5 Å². The maximum absolute atomic E-state index is 12.5. The molecule has 0 spiro atoms. The smallest absolute Gasteiger partial charge is 0.165 e. The molecule has 8 nitrogen and oxygen atoms in total. The lowest BCUT2D eigenvalue weighted by molar-refractivity contribution is 0.101. The Hall–Kier alpha value is -3.52. The topological polar surface area (TPSA) is 111 Å². The number of aliphatic hydroxyl groups excluding tert-OH is 1. The van der Waals surface area contributed by atoms with Gasteiger partial charge in [-0.25, -0.2) is 9.67 Å². The van der Waals surface area contributed by atoms with E-state index < -0.39 is 0 Å². The molecule has 0 unspecified atom stereocenters. The molecular weight excluding hydrogens is 404 g/mol. The molecule has 3 N–H and O–H groups in total. The maximum atomic E-state index is 12.5. The van der Waals surface area contributed by atoms with Crippen LogP contribution in [0.5, 0.6) is 0 Å². The van der Waals surface area contributed by atoms with Gasteiger partial charge < -0.3 is 10.8 Å². The Morgan fingerprint density at radius 2 is 1.88 bits per heavy atom. The highest BCUT2D eigenvalue weighted by molar-refractivity contribution is 6.00. The number of para-hydroxylation sites is 1. The summed E-state index contributed by atoms with van der Waals surface area (Å²) in [6, 6.07) is 9.88. The van der Waals surface area contributed by atoms with Gasteiger partial charge in [-0.2, -0.15) is 14.7 Å². The second-order valence-corrected chi connectivity index (χ2v) is 8.52. The standard InChI is InChI=1S/C24H26N6O2/c1-15(32)21-22(17-9-7-16(14-31)8-10-17)28-24-20(12-27-30(24)23(21)25)18-11-26-29(13-18)19-5-3-2-4-6-19/h2-6,11-13,16-17,31H,7-10,14,25H2,1H3. The minimum absolute atomic E-state index is 0.106. The number of fused-ring (bicyclic) bond motifs is 1. The predicted molar refractivity (Wildman–Crippen MR) is 122 cm³/mol. The Balaban J connectivity index is 1.60. The molecule has 0 atom stereocenters. The third-order valence-electron chi connectivity index (χ3n) is 6.47. The number of benzene rings is 1. The van der Waals surface area contributed by atoms with E-state index in [1.807, 2.05) is 41.2 Å². The van der Waals surface area contributed by atoms with Gasteiger partial charge >= 0.3 is 0 Å². The van der Waals surface area contributed by atoms with Crippen LogP contribution in [0.1, 0.15) is 54.6 Å². The van der Waals surface area contributed by atoms with Crippen LogP contribution in [0.15, 0.2) is 48.9 Å². The lowest BCUT2D eigenvalue weighted by atomic mass is 9.79. The number of hydrogen-bond acceptors (Lipinski definition) is 6. The second kappa shape index (κ2) is 8.20. The Kier molecular flexibility index (Phi) is 5.22. The van der Waals surface area contributed by atoms with Gasteiger partial charge in [0.1, 0.15) is 5.82 Å². The van der Waals surface area contributed by atoms with Crippen LogP contribution in [0.4, 0.5) is 5.82 Å². The first-order valence-electron chi connectivity index (χ1n) is 11.0. The van der Waals surface area contributed by atoms with Crippen LogP contribution in [-0.2, 0) is 0 Å². The van der Waals surface area contributed by atoms with Crippen molar-refractivity contribution in [1.29, 1.82) is 0 Å². The molecular formula is C24H26N6O2. The van der Waals surface area contributed by atoms with Gasteiger partial charge in [-0.05, 0) is 50.7 Å².